The Morgan fingerprint density at radius 1 is 1.35 bits per heavy atom. The molecular formula is C16H20F2N2O2S. The number of thioether (sulfide) groups is 1. The molecule has 2 amide bonds. The van der Waals surface area contributed by atoms with Gasteiger partial charge >= 0.3 is 6.03 Å². The molecule has 2 saturated heterocycles. The van der Waals surface area contributed by atoms with E-state index in [4.69, 9.17) is 4.74 Å². The van der Waals surface area contributed by atoms with Gasteiger partial charge in [-0.1, -0.05) is 6.07 Å². The van der Waals surface area contributed by atoms with E-state index in [9.17, 15) is 13.6 Å². The second-order valence-corrected chi connectivity index (χ2v) is 7.09. The number of ether oxygens (including phenoxy) is 1. The maximum atomic E-state index is 13.4. The highest BCUT2D eigenvalue weighted by Gasteiger charge is 2.33. The maximum Gasteiger partial charge on any atom is 0.317 e. The first-order valence-corrected chi connectivity index (χ1v) is 8.89. The van der Waals surface area contributed by atoms with Gasteiger partial charge in [-0.25, -0.2) is 13.6 Å². The van der Waals surface area contributed by atoms with Crippen LogP contribution in [-0.2, 0) is 4.74 Å². The number of nitrogens with one attached hydrogen (secondary N) is 1. The topological polar surface area (TPSA) is 41.6 Å². The Balaban J connectivity index is 1.66. The molecule has 3 unspecified atom stereocenters. The van der Waals surface area contributed by atoms with Crippen LogP contribution in [0.15, 0.2) is 18.2 Å². The van der Waals surface area contributed by atoms with Gasteiger partial charge in [0.05, 0.1) is 6.04 Å². The zero-order chi connectivity index (χ0) is 16.4. The Bertz CT molecular complexity index is 581. The number of carbonyl (C=O) groups is 1. The number of hydrogen-bond donors (Lipinski definition) is 1. The van der Waals surface area contributed by atoms with E-state index in [1.165, 1.54) is 6.07 Å². The average Bonchev–Trinajstić information content (AvgIpc) is 3.20. The minimum Gasteiger partial charge on any atom is -0.371 e. The van der Waals surface area contributed by atoms with Gasteiger partial charge in [-0.3, -0.25) is 0 Å². The van der Waals surface area contributed by atoms with Gasteiger partial charge in [0.1, 0.15) is 6.10 Å². The number of benzene rings is 1. The maximum absolute atomic E-state index is 13.4. The zero-order valence-electron chi connectivity index (χ0n) is 12.9. The molecule has 7 heteroatoms. The van der Waals surface area contributed by atoms with Crippen molar-refractivity contribution in [3.05, 3.63) is 35.4 Å². The minimum absolute atomic E-state index is 0.138. The van der Waals surface area contributed by atoms with Crippen molar-refractivity contribution in [3.63, 3.8) is 0 Å². The number of amides is 2. The Morgan fingerprint density at radius 3 is 2.87 bits per heavy atom. The van der Waals surface area contributed by atoms with Crippen molar-refractivity contribution < 1.29 is 18.3 Å². The molecule has 1 N–H and O–H groups in total. The number of urea groups is 1. The smallest absolute Gasteiger partial charge is 0.317 e. The number of nitrogens with zero attached hydrogens (tertiary/aromatic N) is 1. The number of halogens is 2. The lowest BCUT2D eigenvalue weighted by atomic mass is 10.0. The highest BCUT2D eigenvalue weighted by atomic mass is 32.2. The molecule has 0 bridgehead atoms. The first kappa shape index (κ1) is 16.5. The number of hydrogen-bond acceptors (Lipinski definition) is 3. The Kier molecular flexibility index (Phi) is 5.06. The van der Waals surface area contributed by atoms with Crippen molar-refractivity contribution in [3.8, 4) is 0 Å². The van der Waals surface area contributed by atoms with Crippen LogP contribution in [0.5, 0.6) is 0 Å². The van der Waals surface area contributed by atoms with Gasteiger partial charge in [0.2, 0.25) is 0 Å². The summed E-state index contributed by atoms with van der Waals surface area (Å²) in [4.78, 5) is 14.1. The van der Waals surface area contributed by atoms with Crippen LogP contribution in [0.1, 0.15) is 24.5 Å². The first-order valence-electron chi connectivity index (χ1n) is 7.74. The molecule has 2 heterocycles. The van der Waals surface area contributed by atoms with E-state index >= 15 is 0 Å². The summed E-state index contributed by atoms with van der Waals surface area (Å²) in [6.07, 6.45) is 1.21. The molecular weight excluding hydrogens is 322 g/mol. The van der Waals surface area contributed by atoms with Crippen LogP contribution < -0.4 is 5.32 Å². The molecule has 0 radical (unpaired) electrons. The highest BCUT2D eigenvalue weighted by molar-refractivity contribution is 7.99. The van der Waals surface area contributed by atoms with Crippen LogP contribution in [0.2, 0.25) is 0 Å². The standard InChI is InChI=1S/C16H20F2N2O2S/c1-20(11-5-7-23-9-11)16(21)19-14-4-6-22-15(14)10-2-3-12(17)13(18)8-10/h2-3,8,11,14-15H,4-7,9H2,1H3,(H,19,21). The van der Waals surface area contributed by atoms with E-state index in [0.717, 1.165) is 30.1 Å². The molecule has 1 aromatic rings. The summed E-state index contributed by atoms with van der Waals surface area (Å²) in [5, 5.41) is 2.97. The largest absolute Gasteiger partial charge is 0.371 e. The van der Waals surface area contributed by atoms with E-state index in [2.05, 4.69) is 5.32 Å². The van der Waals surface area contributed by atoms with Gasteiger partial charge in [-0.2, -0.15) is 11.8 Å². The van der Waals surface area contributed by atoms with Crippen LogP contribution in [0.25, 0.3) is 0 Å². The van der Waals surface area contributed by atoms with E-state index in [0.29, 0.717) is 18.6 Å². The monoisotopic (exact) mass is 342 g/mol. The molecule has 0 spiro atoms. The lowest BCUT2D eigenvalue weighted by Gasteiger charge is -2.27. The molecule has 3 rings (SSSR count). The molecule has 1 aromatic carbocycles. The number of rotatable bonds is 3. The van der Waals surface area contributed by atoms with Crippen LogP contribution in [0.4, 0.5) is 13.6 Å². The van der Waals surface area contributed by atoms with Crippen LogP contribution in [0, 0.1) is 11.6 Å². The van der Waals surface area contributed by atoms with Gasteiger partial charge in [-0.15, -0.1) is 0 Å². The molecule has 0 saturated carbocycles. The Labute approximate surface area is 138 Å². The summed E-state index contributed by atoms with van der Waals surface area (Å²) in [7, 11) is 1.80. The fourth-order valence-corrected chi connectivity index (χ4v) is 4.28. The van der Waals surface area contributed by atoms with E-state index in [-0.39, 0.29) is 18.1 Å². The summed E-state index contributed by atoms with van der Waals surface area (Å²) >= 11 is 1.85. The third-order valence-corrected chi connectivity index (χ3v) is 5.59. The van der Waals surface area contributed by atoms with Crippen LogP contribution >= 0.6 is 11.8 Å². The predicted octanol–water partition coefficient (Wildman–Crippen LogP) is 2.94. The quantitative estimate of drug-likeness (QED) is 0.918. The molecule has 0 aliphatic carbocycles. The minimum atomic E-state index is -0.900. The van der Waals surface area contributed by atoms with E-state index in [1.54, 1.807) is 11.9 Å². The summed E-state index contributed by atoms with van der Waals surface area (Å²) in [5.74, 6) is 0.248. The second kappa shape index (κ2) is 7.05. The summed E-state index contributed by atoms with van der Waals surface area (Å²) in [5.41, 5.74) is 0.547. The number of carbonyl (C=O) groups excluding carboxylic acids is 1. The second-order valence-electron chi connectivity index (χ2n) is 5.94. The molecule has 2 aliphatic heterocycles. The molecule has 0 aromatic heterocycles. The van der Waals surface area contributed by atoms with Crippen molar-refractivity contribution in [1.82, 2.24) is 10.2 Å². The van der Waals surface area contributed by atoms with Gasteiger partial charge < -0.3 is 15.0 Å². The lowest BCUT2D eigenvalue weighted by Crippen LogP contribution is -2.48. The summed E-state index contributed by atoms with van der Waals surface area (Å²) < 4.78 is 32.1. The molecule has 2 aliphatic rings. The molecule has 4 nitrogen and oxygen atoms in total. The van der Waals surface area contributed by atoms with Gasteiger partial charge in [0.15, 0.2) is 11.6 Å². The molecule has 23 heavy (non-hydrogen) atoms. The van der Waals surface area contributed by atoms with Gasteiger partial charge in [0.25, 0.3) is 0 Å². The molecule has 2 fully saturated rings. The highest BCUT2D eigenvalue weighted by Crippen LogP contribution is 2.30. The normalized spacial score (nSPS) is 27.2. The Morgan fingerprint density at radius 2 is 2.17 bits per heavy atom. The van der Waals surface area contributed by atoms with Crippen molar-refractivity contribution >= 4 is 17.8 Å². The first-order chi connectivity index (χ1) is 11.1. The average molecular weight is 342 g/mol. The summed E-state index contributed by atoms with van der Waals surface area (Å²) in [6.45, 7) is 0.484. The fraction of sp³-hybridized carbons (Fsp3) is 0.562. The molecule has 126 valence electrons. The third-order valence-electron chi connectivity index (χ3n) is 4.45. The van der Waals surface area contributed by atoms with Crippen LogP contribution in [-0.4, -0.2) is 48.2 Å². The fourth-order valence-electron chi connectivity index (χ4n) is 3.01. The van der Waals surface area contributed by atoms with Crippen molar-refractivity contribution in [2.45, 2.75) is 31.0 Å². The van der Waals surface area contributed by atoms with Crippen molar-refractivity contribution in [1.29, 1.82) is 0 Å². The van der Waals surface area contributed by atoms with Crippen LogP contribution in [0.3, 0.4) is 0 Å². The predicted molar refractivity (Wildman–Crippen MR) is 85.5 cm³/mol. The van der Waals surface area contributed by atoms with E-state index < -0.39 is 17.7 Å². The van der Waals surface area contributed by atoms with Crippen molar-refractivity contribution in [2.75, 3.05) is 25.2 Å². The SMILES string of the molecule is CN(C(=O)NC1CCOC1c1ccc(F)c(F)c1)C1CCSC1. The van der Waals surface area contributed by atoms with Gasteiger partial charge in [0, 0.05) is 25.4 Å². The Hall–Kier alpha value is -1.34. The lowest BCUT2D eigenvalue weighted by molar-refractivity contribution is 0.0975. The van der Waals surface area contributed by atoms with Crippen molar-refractivity contribution in [2.24, 2.45) is 0 Å². The van der Waals surface area contributed by atoms with Gasteiger partial charge in [-0.05, 0) is 36.3 Å². The third kappa shape index (κ3) is 3.61. The molecule has 3 atom stereocenters. The van der Waals surface area contributed by atoms with E-state index in [1.807, 2.05) is 11.8 Å². The zero-order valence-corrected chi connectivity index (χ0v) is 13.7. The summed E-state index contributed by atoms with van der Waals surface area (Å²) in [6, 6.07) is 3.62.